The molecule has 0 saturated carbocycles. The topological polar surface area (TPSA) is 124 Å². The summed E-state index contributed by atoms with van der Waals surface area (Å²) in [6.07, 6.45) is 0. The van der Waals surface area contributed by atoms with Crippen LogP contribution in [-0.4, -0.2) is 51.4 Å². The van der Waals surface area contributed by atoms with Crippen molar-refractivity contribution in [2.75, 3.05) is 19.7 Å². The Labute approximate surface area is 203 Å². The summed E-state index contributed by atoms with van der Waals surface area (Å²) < 4.78 is 13.3. The van der Waals surface area contributed by atoms with Crippen LogP contribution in [0.1, 0.15) is 33.5 Å². The molecule has 0 aliphatic heterocycles. The summed E-state index contributed by atoms with van der Waals surface area (Å²) in [6.45, 7) is 6.28. The number of nitrogens with zero attached hydrogens (tertiary/aromatic N) is 4. The summed E-state index contributed by atoms with van der Waals surface area (Å²) in [5.74, 6) is -0.0494. The monoisotopic (exact) mass is 572 g/mol. The molecule has 0 radical (unpaired) electrons. The van der Waals surface area contributed by atoms with E-state index >= 15 is 0 Å². The Kier molecular flexibility index (Phi) is 8.07. The van der Waals surface area contributed by atoms with Crippen LogP contribution in [0.3, 0.4) is 0 Å². The fourth-order valence-corrected chi connectivity index (χ4v) is 3.41. The molecule has 2 aromatic heterocycles. The number of rotatable bonds is 9. The van der Waals surface area contributed by atoms with Crippen LogP contribution in [0.25, 0.3) is 0 Å². The number of carbonyl (C=O) groups excluding carboxylic acids is 2. The smallest absolute Gasteiger partial charge is 0.316 e. The van der Waals surface area contributed by atoms with Crippen molar-refractivity contribution in [3.05, 3.63) is 55.5 Å². The molecule has 10 nitrogen and oxygen atoms in total. The van der Waals surface area contributed by atoms with Gasteiger partial charge in [0.2, 0.25) is 0 Å². The Morgan fingerprint density at radius 3 is 2.66 bits per heavy atom. The molecular weight excluding hydrogens is 551 g/mol. The van der Waals surface area contributed by atoms with Gasteiger partial charge in [0.15, 0.2) is 12.4 Å². The number of amides is 2. The van der Waals surface area contributed by atoms with E-state index < -0.39 is 5.91 Å². The number of hydrogen-bond acceptors (Lipinski definition) is 7. The Bertz CT molecular complexity index is 1130. The van der Waals surface area contributed by atoms with Crippen molar-refractivity contribution in [1.29, 1.82) is 0 Å². The van der Waals surface area contributed by atoms with Crippen molar-refractivity contribution in [2.24, 2.45) is 0 Å². The Balaban J connectivity index is 1.39. The van der Waals surface area contributed by atoms with E-state index in [4.69, 9.17) is 20.9 Å². The number of benzene rings is 1. The van der Waals surface area contributed by atoms with Crippen molar-refractivity contribution >= 4 is 46.0 Å². The minimum atomic E-state index is -0.519. The first-order chi connectivity index (χ1) is 15.2. The van der Waals surface area contributed by atoms with Gasteiger partial charge >= 0.3 is 11.8 Å². The SMILES string of the molecule is Cc1cc(Cl)ccc1OCC(=O)NCCNC(=O)c1nc(Cn2nc(C)c(I)c2C)no1. The van der Waals surface area contributed by atoms with Gasteiger partial charge in [-0.25, -0.2) is 0 Å². The van der Waals surface area contributed by atoms with Gasteiger partial charge < -0.3 is 19.9 Å². The molecule has 2 N–H and O–H groups in total. The zero-order valence-electron chi connectivity index (χ0n) is 17.7. The van der Waals surface area contributed by atoms with E-state index in [0.717, 1.165) is 20.5 Å². The van der Waals surface area contributed by atoms with Crippen molar-refractivity contribution in [3.63, 3.8) is 0 Å². The fourth-order valence-electron chi connectivity index (χ4n) is 2.80. The maximum Gasteiger partial charge on any atom is 0.316 e. The summed E-state index contributed by atoms with van der Waals surface area (Å²) in [4.78, 5) is 28.2. The highest BCUT2D eigenvalue weighted by molar-refractivity contribution is 14.1. The van der Waals surface area contributed by atoms with Crippen LogP contribution in [0, 0.1) is 24.3 Å². The van der Waals surface area contributed by atoms with Crippen LogP contribution in [-0.2, 0) is 11.3 Å². The van der Waals surface area contributed by atoms with Gasteiger partial charge in [0.25, 0.3) is 5.91 Å². The molecule has 12 heteroatoms. The highest BCUT2D eigenvalue weighted by Gasteiger charge is 2.17. The Hall–Kier alpha value is -2.67. The number of aromatic nitrogens is 4. The lowest BCUT2D eigenvalue weighted by Gasteiger charge is -2.10. The minimum absolute atomic E-state index is 0.144. The number of hydrogen-bond donors (Lipinski definition) is 2. The number of halogens is 2. The first kappa shape index (κ1) is 24.0. The third-order valence-corrected chi connectivity index (χ3v) is 6.27. The first-order valence-electron chi connectivity index (χ1n) is 9.70. The van der Waals surface area contributed by atoms with Gasteiger partial charge in [-0.05, 0) is 67.1 Å². The minimum Gasteiger partial charge on any atom is -0.484 e. The Morgan fingerprint density at radius 1 is 1.22 bits per heavy atom. The molecule has 1 aromatic carbocycles. The number of nitrogens with one attached hydrogen (secondary N) is 2. The maximum atomic E-state index is 12.2. The van der Waals surface area contributed by atoms with Crippen LogP contribution >= 0.6 is 34.2 Å². The standard InChI is InChI=1S/C20H22ClIN6O4/c1-11-8-14(21)4-5-15(11)31-10-17(29)23-6-7-24-19(30)20-25-16(27-32-20)9-28-13(3)18(22)12(2)26-28/h4-5,8H,6-7,9-10H2,1-3H3,(H,23,29)(H,24,30). The lowest BCUT2D eigenvalue weighted by Crippen LogP contribution is -2.36. The second-order valence-electron chi connectivity index (χ2n) is 6.96. The lowest BCUT2D eigenvalue weighted by atomic mass is 10.2. The number of aryl methyl sites for hydroxylation is 2. The Morgan fingerprint density at radius 2 is 1.97 bits per heavy atom. The summed E-state index contributed by atoms with van der Waals surface area (Å²) in [6, 6.07) is 5.16. The molecule has 2 amide bonds. The molecule has 0 spiro atoms. The summed E-state index contributed by atoms with van der Waals surface area (Å²) in [5, 5.41) is 14.1. The first-order valence-corrected chi connectivity index (χ1v) is 11.2. The van der Waals surface area contributed by atoms with Gasteiger partial charge in [0.05, 0.1) is 9.26 Å². The number of ether oxygens (including phenoxy) is 1. The summed E-state index contributed by atoms with van der Waals surface area (Å²) >= 11 is 8.12. The van der Waals surface area contributed by atoms with E-state index in [1.165, 1.54) is 0 Å². The van der Waals surface area contributed by atoms with Crippen LogP contribution < -0.4 is 15.4 Å². The molecule has 0 fully saturated rings. The van der Waals surface area contributed by atoms with E-state index in [9.17, 15) is 9.59 Å². The third kappa shape index (κ3) is 6.19. The molecule has 32 heavy (non-hydrogen) atoms. The van der Waals surface area contributed by atoms with Gasteiger partial charge in [-0.15, -0.1) is 0 Å². The highest BCUT2D eigenvalue weighted by Crippen LogP contribution is 2.21. The second kappa shape index (κ2) is 10.8. The van der Waals surface area contributed by atoms with Gasteiger partial charge in [0.1, 0.15) is 12.3 Å². The van der Waals surface area contributed by atoms with Gasteiger partial charge in [-0.1, -0.05) is 16.8 Å². The molecular formula is C20H22ClIN6O4. The van der Waals surface area contributed by atoms with Crippen molar-refractivity contribution in [2.45, 2.75) is 27.3 Å². The van der Waals surface area contributed by atoms with Crippen molar-refractivity contribution < 1.29 is 18.8 Å². The van der Waals surface area contributed by atoms with E-state index in [0.29, 0.717) is 23.1 Å². The lowest BCUT2D eigenvalue weighted by molar-refractivity contribution is -0.123. The predicted octanol–water partition coefficient (Wildman–Crippen LogP) is 2.42. The van der Waals surface area contributed by atoms with E-state index in [1.807, 2.05) is 20.8 Å². The van der Waals surface area contributed by atoms with Crippen LogP contribution in [0.15, 0.2) is 22.7 Å². The molecule has 0 saturated heterocycles. The van der Waals surface area contributed by atoms with Crippen LogP contribution in [0.5, 0.6) is 5.75 Å². The molecule has 0 atom stereocenters. The van der Waals surface area contributed by atoms with Crippen molar-refractivity contribution in [3.8, 4) is 5.75 Å². The predicted molar refractivity (Wildman–Crippen MR) is 125 cm³/mol. The average molecular weight is 573 g/mol. The van der Waals surface area contributed by atoms with Gasteiger partial charge in [-0.2, -0.15) is 10.1 Å². The molecule has 0 bridgehead atoms. The molecule has 0 aliphatic carbocycles. The largest absolute Gasteiger partial charge is 0.484 e. The van der Waals surface area contributed by atoms with E-state index in [2.05, 4.69) is 48.5 Å². The third-order valence-electron chi connectivity index (χ3n) is 4.48. The molecule has 0 aliphatic rings. The zero-order valence-corrected chi connectivity index (χ0v) is 20.7. The van der Waals surface area contributed by atoms with Gasteiger partial charge in [-0.3, -0.25) is 14.3 Å². The fraction of sp³-hybridized carbons (Fsp3) is 0.350. The van der Waals surface area contributed by atoms with E-state index in [1.54, 1.807) is 22.9 Å². The molecule has 2 heterocycles. The van der Waals surface area contributed by atoms with Gasteiger partial charge in [0, 0.05) is 23.8 Å². The maximum absolute atomic E-state index is 12.2. The van der Waals surface area contributed by atoms with E-state index in [-0.39, 0.29) is 31.5 Å². The van der Waals surface area contributed by atoms with Crippen LogP contribution in [0.2, 0.25) is 5.02 Å². The molecule has 3 aromatic rings. The van der Waals surface area contributed by atoms with Crippen LogP contribution in [0.4, 0.5) is 0 Å². The second-order valence-corrected chi connectivity index (χ2v) is 8.48. The highest BCUT2D eigenvalue weighted by atomic mass is 127. The summed E-state index contributed by atoms with van der Waals surface area (Å²) in [5.41, 5.74) is 2.74. The normalized spacial score (nSPS) is 10.8. The zero-order chi connectivity index (χ0) is 23.3. The molecule has 3 rings (SSSR count). The average Bonchev–Trinajstić information content (AvgIpc) is 3.31. The van der Waals surface area contributed by atoms with Crippen molar-refractivity contribution in [1.82, 2.24) is 30.6 Å². The molecule has 170 valence electrons. The number of carbonyl (C=O) groups is 2. The quantitative estimate of drug-likeness (QED) is 0.298. The summed E-state index contributed by atoms with van der Waals surface area (Å²) in [7, 11) is 0. The molecule has 0 unspecified atom stereocenters.